The number of aromatic nitrogens is 2. The Morgan fingerprint density at radius 2 is 1.97 bits per heavy atom. The fraction of sp³-hybridized carbons (Fsp3) is 0.200. The van der Waals surface area contributed by atoms with Crippen LogP contribution in [-0.2, 0) is 4.74 Å². The monoisotopic (exact) mass is 491 g/mol. The van der Waals surface area contributed by atoms with Gasteiger partial charge >= 0.3 is 0 Å². The number of aromatic amines is 1. The first-order valence-electron chi connectivity index (χ1n) is 11.1. The normalized spacial score (nSPS) is 13.7. The third-order valence-corrected chi connectivity index (χ3v) is 6.35. The number of nitro groups is 1. The number of hydrogen-bond acceptors (Lipinski definition) is 6. The first-order chi connectivity index (χ1) is 16.9. The molecule has 0 unspecified atom stereocenters. The molecule has 0 atom stereocenters. The van der Waals surface area contributed by atoms with Crippen molar-refractivity contribution >= 4 is 45.6 Å². The second-order valence-corrected chi connectivity index (χ2v) is 8.71. The van der Waals surface area contributed by atoms with Crippen LogP contribution in [0.3, 0.4) is 0 Å². The van der Waals surface area contributed by atoms with Crippen molar-refractivity contribution in [2.24, 2.45) is 0 Å². The quantitative estimate of drug-likeness (QED) is 0.293. The van der Waals surface area contributed by atoms with Crippen LogP contribution in [0.15, 0.2) is 54.6 Å². The van der Waals surface area contributed by atoms with Crippen LogP contribution in [-0.4, -0.2) is 47.1 Å². The number of fused-ring (bicyclic) bond motifs is 1. The molecule has 1 aromatic heterocycles. The van der Waals surface area contributed by atoms with E-state index in [-0.39, 0.29) is 11.3 Å². The molecule has 2 heterocycles. The summed E-state index contributed by atoms with van der Waals surface area (Å²) in [5.41, 5.74) is 4.46. The number of rotatable bonds is 5. The maximum atomic E-state index is 12.9. The Morgan fingerprint density at radius 3 is 2.74 bits per heavy atom. The summed E-state index contributed by atoms with van der Waals surface area (Å²) in [7, 11) is 0. The largest absolute Gasteiger partial charge is 0.378 e. The molecule has 2 N–H and O–H groups in total. The van der Waals surface area contributed by atoms with Gasteiger partial charge in [0.15, 0.2) is 0 Å². The number of carbonyl (C=O) groups excluding carboxylic acids is 1. The van der Waals surface area contributed by atoms with E-state index in [1.54, 1.807) is 30.3 Å². The molecule has 0 radical (unpaired) electrons. The molecule has 1 fully saturated rings. The Morgan fingerprint density at radius 1 is 1.17 bits per heavy atom. The number of benzene rings is 3. The summed E-state index contributed by atoms with van der Waals surface area (Å²) in [6.45, 7) is 4.07. The number of nitrogens with zero attached hydrogens (tertiary/aromatic N) is 3. The van der Waals surface area contributed by atoms with Gasteiger partial charge in [0.2, 0.25) is 0 Å². The second kappa shape index (κ2) is 9.36. The van der Waals surface area contributed by atoms with E-state index in [1.807, 2.05) is 30.0 Å². The number of ether oxygens (including phenoxy) is 1. The number of aryl methyl sites for hydroxylation is 1. The lowest BCUT2D eigenvalue weighted by atomic mass is 10.1. The Labute approximate surface area is 205 Å². The summed E-state index contributed by atoms with van der Waals surface area (Å²) in [6.07, 6.45) is 0. The molecule has 5 rings (SSSR count). The SMILES string of the molecule is Cc1cc2[nH]c(-c3cccc(NC(=O)c4ccc(N5CCOCC5)c([N+](=O)[O-])c4)c3)nc2cc1Cl. The van der Waals surface area contributed by atoms with Crippen molar-refractivity contribution in [3.63, 3.8) is 0 Å². The van der Waals surface area contributed by atoms with Crippen LogP contribution in [0.25, 0.3) is 22.4 Å². The number of hydrogen-bond donors (Lipinski definition) is 2. The van der Waals surface area contributed by atoms with Crippen molar-refractivity contribution in [1.29, 1.82) is 0 Å². The number of nitrogens with one attached hydrogen (secondary N) is 2. The van der Waals surface area contributed by atoms with Gasteiger partial charge in [-0.2, -0.15) is 0 Å². The zero-order valence-corrected chi connectivity index (χ0v) is 19.6. The summed E-state index contributed by atoms with van der Waals surface area (Å²) < 4.78 is 5.33. The topological polar surface area (TPSA) is 113 Å². The first-order valence-corrected chi connectivity index (χ1v) is 11.5. The van der Waals surface area contributed by atoms with Crippen molar-refractivity contribution in [3.05, 3.63) is 80.9 Å². The minimum Gasteiger partial charge on any atom is -0.378 e. The van der Waals surface area contributed by atoms with Crippen LogP contribution in [0.4, 0.5) is 17.1 Å². The molecule has 0 saturated carbocycles. The molecule has 4 aromatic rings. The van der Waals surface area contributed by atoms with Crippen molar-refractivity contribution in [2.45, 2.75) is 6.92 Å². The van der Waals surface area contributed by atoms with Gasteiger partial charge in [-0.15, -0.1) is 0 Å². The summed E-state index contributed by atoms with van der Waals surface area (Å²) in [5, 5.41) is 15.2. The number of halogens is 1. The molecule has 10 heteroatoms. The highest BCUT2D eigenvalue weighted by atomic mass is 35.5. The van der Waals surface area contributed by atoms with Crippen LogP contribution in [0, 0.1) is 17.0 Å². The predicted molar refractivity (Wildman–Crippen MR) is 135 cm³/mol. The molecule has 1 amide bonds. The zero-order valence-electron chi connectivity index (χ0n) is 18.9. The Hall–Kier alpha value is -3.95. The van der Waals surface area contributed by atoms with E-state index in [4.69, 9.17) is 16.3 Å². The van der Waals surface area contributed by atoms with E-state index in [0.717, 1.165) is 22.2 Å². The maximum absolute atomic E-state index is 12.9. The Balaban J connectivity index is 1.39. The van der Waals surface area contributed by atoms with Gasteiger partial charge in [-0.1, -0.05) is 23.7 Å². The van der Waals surface area contributed by atoms with E-state index >= 15 is 0 Å². The molecule has 3 aromatic carbocycles. The molecule has 178 valence electrons. The van der Waals surface area contributed by atoms with E-state index in [1.165, 1.54) is 6.07 Å². The molecule has 0 bridgehead atoms. The molecule has 9 nitrogen and oxygen atoms in total. The molecule has 0 aliphatic carbocycles. The number of amides is 1. The van der Waals surface area contributed by atoms with Gasteiger partial charge in [-0.3, -0.25) is 14.9 Å². The molecule has 1 aliphatic heterocycles. The molecule has 35 heavy (non-hydrogen) atoms. The lowest BCUT2D eigenvalue weighted by molar-refractivity contribution is -0.384. The molecular formula is C25H22ClN5O4. The van der Waals surface area contributed by atoms with Crippen LogP contribution in [0.2, 0.25) is 5.02 Å². The predicted octanol–water partition coefficient (Wildman–Crippen LogP) is 5.19. The van der Waals surface area contributed by atoms with Gasteiger partial charge in [0, 0.05) is 41.0 Å². The van der Waals surface area contributed by atoms with E-state index in [2.05, 4.69) is 15.3 Å². The standard InChI is InChI=1S/C25H22ClN5O4/c1-15-11-20-21(14-19(15)26)29-24(28-20)16-3-2-4-18(12-16)27-25(32)17-5-6-22(23(13-17)31(33)34)30-7-9-35-10-8-30/h2-6,11-14H,7-10H2,1H3,(H,27,32)(H,28,29). The fourth-order valence-electron chi connectivity index (χ4n) is 4.11. The lowest BCUT2D eigenvalue weighted by Crippen LogP contribution is -2.36. The van der Waals surface area contributed by atoms with Crippen LogP contribution in [0.5, 0.6) is 0 Å². The molecule has 0 spiro atoms. The van der Waals surface area contributed by atoms with Crippen molar-refractivity contribution in [3.8, 4) is 11.4 Å². The summed E-state index contributed by atoms with van der Waals surface area (Å²) >= 11 is 6.22. The zero-order chi connectivity index (χ0) is 24.5. The number of nitro benzene ring substituents is 1. The van der Waals surface area contributed by atoms with E-state index in [0.29, 0.717) is 48.5 Å². The van der Waals surface area contributed by atoms with Gasteiger partial charge in [0.25, 0.3) is 11.6 Å². The van der Waals surface area contributed by atoms with Gasteiger partial charge in [0.1, 0.15) is 11.5 Å². The molecular weight excluding hydrogens is 470 g/mol. The second-order valence-electron chi connectivity index (χ2n) is 8.30. The number of anilines is 2. The lowest BCUT2D eigenvalue weighted by Gasteiger charge is -2.28. The highest BCUT2D eigenvalue weighted by Gasteiger charge is 2.23. The summed E-state index contributed by atoms with van der Waals surface area (Å²) in [5.74, 6) is 0.203. The Bertz CT molecular complexity index is 1410. The average molecular weight is 492 g/mol. The van der Waals surface area contributed by atoms with Crippen LogP contribution in [0.1, 0.15) is 15.9 Å². The first kappa shape index (κ1) is 22.8. The van der Waals surface area contributed by atoms with E-state index < -0.39 is 10.8 Å². The fourth-order valence-corrected chi connectivity index (χ4v) is 4.26. The third kappa shape index (κ3) is 4.68. The molecule has 1 saturated heterocycles. The minimum absolute atomic E-state index is 0.107. The smallest absolute Gasteiger partial charge is 0.293 e. The number of H-pyrrole nitrogens is 1. The number of carbonyl (C=O) groups is 1. The Kier molecular flexibility index (Phi) is 6.10. The third-order valence-electron chi connectivity index (χ3n) is 5.94. The van der Waals surface area contributed by atoms with Gasteiger partial charge in [-0.25, -0.2) is 4.98 Å². The maximum Gasteiger partial charge on any atom is 0.293 e. The van der Waals surface area contributed by atoms with E-state index in [9.17, 15) is 14.9 Å². The van der Waals surface area contributed by atoms with Crippen molar-refractivity contribution < 1.29 is 14.5 Å². The van der Waals surface area contributed by atoms with Gasteiger partial charge < -0.3 is 19.9 Å². The summed E-state index contributed by atoms with van der Waals surface area (Å²) in [6, 6.07) is 15.5. The molecule has 1 aliphatic rings. The van der Waals surface area contributed by atoms with Crippen molar-refractivity contribution in [2.75, 3.05) is 36.5 Å². The van der Waals surface area contributed by atoms with Crippen molar-refractivity contribution in [1.82, 2.24) is 9.97 Å². The van der Waals surface area contributed by atoms with Crippen LogP contribution >= 0.6 is 11.6 Å². The minimum atomic E-state index is -0.461. The highest BCUT2D eigenvalue weighted by Crippen LogP contribution is 2.31. The van der Waals surface area contributed by atoms with Gasteiger partial charge in [-0.05, 0) is 48.9 Å². The summed E-state index contributed by atoms with van der Waals surface area (Å²) in [4.78, 5) is 34.0. The van der Waals surface area contributed by atoms with Crippen LogP contribution < -0.4 is 10.2 Å². The number of imidazole rings is 1. The highest BCUT2D eigenvalue weighted by molar-refractivity contribution is 6.32. The average Bonchev–Trinajstić information content (AvgIpc) is 3.27. The number of morpholine rings is 1. The van der Waals surface area contributed by atoms with Gasteiger partial charge in [0.05, 0.1) is 29.2 Å².